The monoisotopic (exact) mass is 287 g/mol. The van der Waals surface area contributed by atoms with Crippen LogP contribution < -0.4 is 4.90 Å². The molecule has 1 fully saturated rings. The van der Waals surface area contributed by atoms with Gasteiger partial charge in [-0.2, -0.15) is 5.10 Å². The summed E-state index contributed by atoms with van der Waals surface area (Å²) in [6.07, 6.45) is 2.32. The third-order valence-electron chi connectivity index (χ3n) is 3.67. The van der Waals surface area contributed by atoms with Gasteiger partial charge in [-0.25, -0.2) is 0 Å². The number of hydrogen-bond acceptors (Lipinski definition) is 4. The summed E-state index contributed by atoms with van der Waals surface area (Å²) in [7, 11) is 0. The van der Waals surface area contributed by atoms with Crippen LogP contribution in [0.5, 0.6) is 0 Å². The maximum Gasteiger partial charge on any atom is 0.152 e. The van der Waals surface area contributed by atoms with E-state index >= 15 is 0 Å². The predicted octanol–water partition coefficient (Wildman–Crippen LogP) is 1.86. The Hall–Kier alpha value is -1.85. The van der Waals surface area contributed by atoms with Crippen molar-refractivity contribution in [1.29, 1.82) is 0 Å². The van der Waals surface area contributed by atoms with Crippen molar-refractivity contribution < 1.29 is 9.84 Å². The summed E-state index contributed by atoms with van der Waals surface area (Å²) in [4.78, 5) is 2.20. The van der Waals surface area contributed by atoms with Crippen LogP contribution in [0.15, 0.2) is 42.6 Å². The zero-order chi connectivity index (χ0) is 14.7. The standard InChI is InChI=1S/C16H21N3O2/c1-13(20)21-15-7-9-18(12-15)16-8-10-19(17-16)11-14-5-3-2-4-6-14/h2-6,8,10,13,15,20H,7,9,11-12H2,1H3/t13?,15-/m0/s1. The van der Waals surface area contributed by atoms with Crippen molar-refractivity contribution in [2.75, 3.05) is 18.0 Å². The van der Waals surface area contributed by atoms with Crippen LogP contribution in [0.4, 0.5) is 5.82 Å². The Morgan fingerprint density at radius 1 is 1.33 bits per heavy atom. The van der Waals surface area contributed by atoms with Crippen molar-refractivity contribution in [3.63, 3.8) is 0 Å². The van der Waals surface area contributed by atoms with Crippen LogP contribution in [-0.4, -0.2) is 40.4 Å². The molecular weight excluding hydrogens is 266 g/mol. The average molecular weight is 287 g/mol. The van der Waals surface area contributed by atoms with Gasteiger partial charge in [0, 0.05) is 25.4 Å². The molecule has 5 heteroatoms. The Morgan fingerprint density at radius 3 is 2.90 bits per heavy atom. The van der Waals surface area contributed by atoms with E-state index in [4.69, 9.17) is 4.74 Å². The quantitative estimate of drug-likeness (QED) is 0.853. The van der Waals surface area contributed by atoms with E-state index in [2.05, 4.69) is 22.1 Å². The first-order valence-corrected chi connectivity index (χ1v) is 7.36. The SMILES string of the molecule is CC(O)O[C@H]1CCN(c2ccn(Cc3ccccc3)n2)C1. The Morgan fingerprint density at radius 2 is 2.14 bits per heavy atom. The normalized spacial score (nSPS) is 19.9. The fraction of sp³-hybridized carbons (Fsp3) is 0.438. The predicted molar refractivity (Wildman–Crippen MR) is 81.2 cm³/mol. The zero-order valence-corrected chi connectivity index (χ0v) is 12.2. The molecule has 2 aromatic rings. The molecule has 3 rings (SSSR count). The summed E-state index contributed by atoms with van der Waals surface area (Å²) < 4.78 is 7.40. The summed E-state index contributed by atoms with van der Waals surface area (Å²) in [6, 6.07) is 12.3. The molecule has 1 N–H and O–H groups in total. The molecule has 1 aliphatic rings. The highest BCUT2D eigenvalue weighted by atomic mass is 16.6. The van der Waals surface area contributed by atoms with Gasteiger partial charge in [-0.05, 0) is 18.9 Å². The second-order valence-corrected chi connectivity index (χ2v) is 5.45. The van der Waals surface area contributed by atoms with Gasteiger partial charge in [0.1, 0.15) is 0 Å². The number of aliphatic hydroxyl groups excluding tert-OH is 1. The molecule has 1 aliphatic heterocycles. The van der Waals surface area contributed by atoms with E-state index in [1.807, 2.05) is 35.1 Å². The summed E-state index contributed by atoms with van der Waals surface area (Å²) in [5.41, 5.74) is 1.24. The van der Waals surface area contributed by atoms with E-state index < -0.39 is 6.29 Å². The van der Waals surface area contributed by atoms with Crippen LogP contribution in [0.1, 0.15) is 18.9 Å². The minimum Gasteiger partial charge on any atom is -0.368 e. The van der Waals surface area contributed by atoms with Gasteiger partial charge in [0.2, 0.25) is 0 Å². The van der Waals surface area contributed by atoms with Gasteiger partial charge in [0.25, 0.3) is 0 Å². The Labute approximate surface area is 124 Å². The van der Waals surface area contributed by atoms with Gasteiger partial charge >= 0.3 is 0 Å². The maximum absolute atomic E-state index is 9.28. The smallest absolute Gasteiger partial charge is 0.152 e. The molecule has 0 bridgehead atoms. The van der Waals surface area contributed by atoms with E-state index in [1.54, 1.807) is 6.92 Å². The van der Waals surface area contributed by atoms with E-state index in [0.29, 0.717) is 0 Å². The highest BCUT2D eigenvalue weighted by molar-refractivity contribution is 5.38. The Kier molecular flexibility index (Phi) is 4.22. The van der Waals surface area contributed by atoms with Gasteiger partial charge in [-0.15, -0.1) is 0 Å². The second-order valence-electron chi connectivity index (χ2n) is 5.45. The summed E-state index contributed by atoms with van der Waals surface area (Å²) in [5, 5.41) is 13.9. The van der Waals surface area contributed by atoms with Crippen LogP contribution in [0.2, 0.25) is 0 Å². The first kappa shape index (κ1) is 14.1. The number of anilines is 1. The molecule has 2 atom stereocenters. The molecule has 1 unspecified atom stereocenters. The van der Waals surface area contributed by atoms with Gasteiger partial charge < -0.3 is 14.7 Å². The van der Waals surface area contributed by atoms with Crippen molar-refractivity contribution in [3.8, 4) is 0 Å². The third-order valence-corrected chi connectivity index (χ3v) is 3.67. The van der Waals surface area contributed by atoms with Gasteiger partial charge in [-0.1, -0.05) is 30.3 Å². The fourth-order valence-corrected chi connectivity index (χ4v) is 2.70. The summed E-state index contributed by atoms with van der Waals surface area (Å²) >= 11 is 0. The average Bonchev–Trinajstić information content (AvgIpc) is 3.08. The molecule has 1 aromatic heterocycles. The van der Waals surface area contributed by atoms with Crippen LogP contribution in [-0.2, 0) is 11.3 Å². The highest BCUT2D eigenvalue weighted by Gasteiger charge is 2.25. The number of aliphatic hydroxyl groups is 1. The number of ether oxygens (including phenoxy) is 1. The molecule has 0 radical (unpaired) electrons. The molecule has 1 saturated heterocycles. The lowest BCUT2D eigenvalue weighted by Gasteiger charge is -2.16. The van der Waals surface area contributed by atoms with Gasteiger partial charge in [-0.3, -0.25) is 4.68 Å². The van der Waals surface area contributed by atoms with E-state index in [0.717, 1.165) is 31.9 Å². The molecule has 0 aliphatic carbocycles. The number of aromatic nitrogens is 2. The van der Waals surface area contributed by atoms with Crippen molar-refractivity contribution in [2.45, 2.75) is 32.3 Å². The molecule has 21 heavy (non-hydrogen) atoms. The number of rotatable bonds is 5. The van der Waals surface area contributed by atoms with Crippen LogP contribution in [0.3, 0.4) is 0 Å². The lowest BCUT2D eigenvalue weighted by atomic mass is 10.2. The van der Waals surface area contributed by atoms with E-state index in [9.17, 15) is 5.11 Å². The van der Waals surface area contributed by atoms with Crippen LogP contribution in [0.25, 0.3) is 0 Å². The number of benzene rings is 1. The first-order valence-electron chi connectivity index (χ1n) is 7.36. The number of nitrogens with zero attached hydrogens (tertiary/aromatic N) is 3. The molecule has 0 spiro atoms. The largest absolute Gasteiger partial charge is 0.368 e. The van der Waals surface area contributed by atoms with Crippen molar-refractivity contribution in [3.05, 3.63) is 48.2 Å². The first-order chi connectivity index (χ1) is 10.2. The molecule has 112 valence electrons. The Bertz CT molecular complexity index is 568. The highest BCUT2D eigenvalue weighted by Crippen LogP contribution is 2.20. The number of hydrogen-bond donors (Lipinski definition) is 1. The van der Waals surface area contributed by atoms with E-state index in [1.165, 1.54) is 5.56 Å². The van der Waals surface area contributed by atoms with Crippen LogP contribution >= 0.6 is 0 Å². The minimum atomic E-state index is -0.703. The second kappa shape index (κ2) is 6.28. The molecule has 1 aromatic carbocycles. The molecule has 2 heterocycles. The lowest BCUT2D eigenvalue weighted by Crippen LogP contribution is -2.25. The summed E-state index contributed by atoms with van der Waals surface area (Å²) in [5.74, 6) is 0.975. The van der Waals surface area contributed by atoms with Crippen molar-refractivity contribution in [1.82, 2.24) is 9.78 Å². The van der Waals surface area contributed by atoms with Crippen molar-refractivity contribution >= 4 is 5.82 Å². The molecule has 0 saturated carbocycles. The van der Waals surface area contributed by atoms with Gasteiger partial charge in [0.15, 0.2) is 12.1 Å². The van der Waals surface area contributed by atoms with Crippen LogP contribution in [0, 0.1) is 0 Å². The Balaban J connectivity index is 1.61. The maximum atomic E-state index is 9.28. The summed E-state index contributed by atoms with van der Waals surface area (Å²) in [6.45, 7) is 4.13. The molecule has 0 amide bonds. The molecule has 5 nitrogen and oxygen atoms in total. The lowest BCUT2D eigenvalue weighted by molar-refractivity contribution is -0.116. The topological polar surface area (TPSA) is 50.5 Å². The fourth-order valence-electron chi connectivity index (χ4n) is 2.70. The molecular formula is C16H21N3O2. The zero-order valence-electron chi connectivity index (χ0n) is 12.2. The van der Waals surface area contributed by atoms with Gasteiger partial charge in [0.05, 0.1) is 12.6 Å². The third kappa shape index (κ3) is 3.62. The minimum absolute atomic E-state index is 0.0873. The van der Waals surface area contributed by atoms with E-state index in [-0.39, 0.29) is 6.10 Å². The van der Waals surface area contributed by atoms with Crippen molar-refractivity contribution in [2.24, 2.45) is 0 Å².